The molecule has 7 nitrogen and oxygen atoms in total. The lowest BCUT2D eigenvalue weighted by molar-refractivity contribution is 0.399. The number of benzene rings is 2. The predicted octanol–water partition coefficient (Wildman–Crippen LogP) is 4.10. The molecule has 2 N–H and O–H groups in total. The molecule has 0 radical (unpaired) electrons. The lowest BCUT2D eigenvalue weighted by Crippen LogP contribution is -2.27. The van der Waals surface area contributed by atoms with Crippen molar-refractivity contribution in [2.75, 3.05) is 13.4 Å². The molecule has 2 heterocycles. The number of aromatic amines is 1. The van der Waals surface area contributed by atoms with Crippen molar-refractivity contribution in [3.8, 4) is 22.6 Å². The largest absolute Gasteiger partial charge is 0.496 e. The fourth-order valence-electron chi connectivity index (χ4n) is 3.93. The summed E-state index contributed by atoms with van der Waals surface area (Å²) in [4.78, 5) is 26.5. The molecule has 1 unspecified atom stereocenters. The van der Waals surface area contributed by atoms with Crippen LogP contribution in [0.4, 0.5) is 0 Å². The Morgan fingerprint density at radius 2 is 1.91 bits per heavy atom. The number of aromatic nitrogens is 2. The van der Waals surface area contributed by atoms with Crippen molar-refractivity contribution in [1.82, 2.24) is 14.3 Å². The lowest BCUT2D eigenvalue weighted by atomic mass is 9.83. The van der Waals surface area contributed by atoms with Crippen molar-refractivity contribution in [3.63, 3.8) is 0 Å². The van der Waals surface area contributed by atoms with Gasteiger partial charge in [-0.3, -0.25) is 14.3 Å². The molecule has 2 aromatic heterocycles. The number of H-pyrrole nitrogens is 1. The summed E-state index contributed by atoms with van der Waals surface area (Å²) in [5.74, 6) is 0.743. The summed E-state index contributed by atoms with van der Waals surface area (Å²) in [6, 6.07) is 11.4. The average Bonchev–Trinajstić information content (AvgIpc) is 3.18. The molecule has 178 valence electrons. The Bertz CT molecular complexity index is 1510. The van der Waals surface area contributed by atoms with E-state index in [1.165, 1.54) is 16.8 Å². The first kappa shape index (κ1) is 24.1. The summed E-state index contributed by atoms with van der Waals surface area (Å²) in [5, 5.41) is 3.18. The van der Waals surface area contributed by atoms with Gasteiger partial charge in [0.25, 0.3) is 5.56 Å². The van der Waals surface area contributed by atoms with E-state index in [-0.39, 0.29) is 5.41 Å². The molecule has 2 aromatic carbocycles. The highest BCUT2D eigenvalue weighted by atomic mass is 32.2. The van der Waals surface area contributed by atoms with Crippen LogP contribution in [-0.4, -0.2) is 27.1 Å². The minimum absolute atomic E-state index is 0.260. The van der Waals surface area contributed by atoms with E-state index in [2.05, 4.69) is 48.0 Å². The van der Waals surface area contributed by atoms with E-state index >= 15 is 0 Å². The number of hydrogen-bond acceptors (Lipinski definition) is 5. The number of nitrogens with zero attached hydrogens (tertiary/aromatic N) is 1. The Morgan fingerprint density at radius 3 is 2.56 bits per heavy atom. The topological polar surface area (TPSA) is 93.2 Å². The van der Waals surface area contributed by atoms with E-state index < -0.39 is 22.2 Å². The Morgan fingerprint density at radius 1 is 1.15 bits per heavy atom. The minimum Gasteiger partial charge on any atom is -0.496 e. The van der Waals surface area contributed by atoms with Crippen molar-refractivity contribution in [2.45, 2.75) is 32.7 Å². The van der Waals surface area contributed by atoms with Crippen LogP contribution in [0.25, 0.3) is 26.9 Å². The average molecular weight is 498 g/mol. The molecule has 0 saturated carbocycles. The molecule has 0 aliphatic carbocycles. The van der Waals surface area contributed by atoms with Gasteiger partial charge in [0.2, 0.25) is 0 Å². The lowest BCUT2D eigenvalue weighted by Gasteiger charge is -2.25. The van der Waals surface area contributed by atoms with E-state index in [4.69, 9.17) is 4.74 Å². The van der Waals surface area contributed by atoms with Crippen LogP contribution in [-0.2, 0) is 22.9 Å². The Labute approximate surface area is 204 Å². The van der Waals surface area contributed by atoms with E-state index in [1.807, 2.05) is 18.2 Å². The smallest absolute Gasteiger partial charge is 0.332 e. The van der Waals surface area contributed by atoms with Crippen molar-refractivity contribution in [3.05, 3.63) is 79.9 Å². The third-order valence-corrected chi connectivity index (χ3v) is 7.17. The zero-order valence-electron chi connectivity index (χ0n) is 19.7. The molecule has 0 spiro atoms. The zero-order valence-corrected chi connectivity index (χ0v) is 21.4. The Hall–Kier alpha value is -3.01. The first-order valence-corrected chi connectivity index (χ1v) is 13.1. The van der Waals surface area contributed by atoms with Crippen LogP contribution in [0, 0.1) is 0 Å². The second kappa shape index (κ2) is 9.32. The van der Waals surface area contributed by atoms with Gasteiger partial charge >= 0.3 is 5.69 Å². The summed E-state index contributed by atoms with van der Waals surface area (Å²) in [5.41, 5.74) is 3.29. The molecular weight excluding hydrogens is 470 g/mol. The number of fused-ring (bicyclic) bond motifs is 1. The molecule has 9 heteroatoms. The van der Waals surface area contributed by atoms with Crippen LogP contribution in [0.5, 0.6) is 5.75 Å². The number of rotatable bonds is 6. The first-order chi connectivity index (χ1) is 16.1. The van der Waals surface area contributed by atoms with Crippen LogP contribution in [0.15, 0.2) is 57.6 Å². The maximum Gasteiger partial charge on any atom is 0.332 e. The Balaban J connectivity index is 1.92. The van der Waals surface area contributed by atoms with Crippen molar-refractivity contribution in [2.24, 2.45) is 0 Å². The molecular formula is C25H27N3O4S2. The molecule has 0 bridgehead atoms. The van der Waals surface area contributed by atoms with Crippen molar-refractivity contribution in [1.29, 1.82) is 0 Å². The first-order valence-electron chi connectivity index (χ1n) is 10.7. The number of thiophene rings is 1. The van der Waals surface area contributed by atoms with Crippen LogP contribution < -0.4 is 20.7 Å². The van der Waals surface area contributed by atoms with Gasteiger partial charge < -0.3 is 4.74 Å². The molecule has 1 atom stereocenters. The third kappa shape index (κ3) is 4.77. The fraction of sp³-hybridized carbons (Fsp3) is 0.280. The minimum atomic E-state index is -1.08. The fourth-order valence-corrected chi connectivity index (χ4v) is 5.29. The van der Waals surface area contributed by atoms with Crippen LogP contribution >= 0.6 is 11.3 Å². The van der Waals surface area contributed by atoms with E-state index in [0.29, 0.717) is 12.2 Å². The standard InChI is InChI=1S/C25H27N3O4S2/c1-25(2,3)20-12-17(28-9-8-22(29)27-24(28)30)11-19(23(20)32-4)15-6-7-18-16(13-26-34(5)31)14-33-21(18)10-15/h6-12,14,26H,13H2,1-5H3,(H,27,29,30). The third-order valence-electron chi connectivity index (χ3n) is 5.62. The van der Waals surface area contributed by atoms with Gasteiger partial charge in [0.15, 0.2) is 0 Å². The monoisotopic (exact) mass is 497 g/mol. The molecule has 0 aliphatic heterocycles. The van der Waals surface area contributed by atoms with Crippen molar-refractivity contribution >= 4 is 32.4 Å². The summed E-state index contributed by atoms with van der Waals surface area (Å²) in [6.07, 6.45) is 3.10. The van der Waals surface area contributed by atoms with E-state index in [9.17, 15) is 13.8 Å². The molecule has 4 rings (SSSR count). The van der Waals surface area contributed by atoms with Gasteiger partial charge in [0.05, 0.1) is 23.8 Å². The van der Waals surface area contributed by atoms with Crippen LogP contribution in [0.2, 0.25) is 0 Å². The quantitative estimate of drug-likeness (QED) is 0.420. The summed E-state index contributed by atoms with van der Waals surface area (Å²) in [7, 11) is 0.572. The van der Waals surface area contributed by atoms with Crippen molar-refractivity contribution < 1.29 is 8.95 Å². The van der Waals surface area contributed by atoms with Gasteiger partial charge in [0, 0.05) is 40.9 Å². The number of methoxy groups -OCH3 is 1. The van der Waals surface area contributed by atoms with Gasteiger partial charge in [-0.05, 0) is 45.5 Å². The molecule has 0 saturated heterocycles. The number of ether oxygens (including phenoxy) is 1. The van der Waals surface area contributed by atoms with Crippen LogP contribution in [0.3, 0.4) is 0 Å². The summed E-state index contributed by atoms with van der Waals surface area (Å²) in [6.45, 7) is 6.80. The number of nitrogens with one attached hydrogen (secondary N) is 2. The maximum absolute atomic E-state index is 12.5. The van der Waals surface area contributed by atoms with Gasteiger partial charge in [-0.15, -0.1) is 11.3 Å². The molecule has 0 fully saturated rings. The predicted molar refractivity (Wildman–Crippen MR) is 140 cm³/mol. The summed E-state index contributed by atoms with van der Waals surface area (Å²) < 4.78 is 22.8. The zero-order chi connectivity index (χ0) is 24.6. The van der Waals surface area contributed by atoms with Crippen LogP contribution in [0.1, 0.15) is 31.9 Å². The Kier molecular flexibility index (Phi) is 6.62. The highest BCUT2D eigenvalue weighted by Crippen LogP contribution is 2.42. The molecule has 34 heavy (non-hydrogen) atoms. The number of hydrogen-bond donors (Lipinski definition) is 2. The van der Waals surface area contributed by atoms with Gasteiger partial charge in [-0.2, -0.15) is 0 Å². The van der Waals surface area contributed by atoms with E-state index in [1.54, 1.807) is 24.7 Å². The SMILES string of the molecule is COc1c(-c2ccc3c(CNS(C)=O)csc3c2)cc(-n2ccc(=O)[nH]c2=O)cc1C(C)(C)C. The molecule has 0 aliphatic rings. The molecule has 4 aromatic rings. The maximum atomic E-state index is 12.5. The van der Waals surface area contributed by atoms with E-state index in [0.717, 1.165) is 38.1 Å². The highest BCUT2D eigenvalue weighted by Gasteiger charge is 2.24. The van der Waals surface area contributed by atoms with Gasteiger partial charge in [-0.1, -0.05) is 32.9 Å². The molecule has 0 amide bonds. The highest BCUT2D eigenvalue weighted by molar-refractivity contribution is 7.82. The second-order valence-electron chi connectivity index (χ2n) is 9.05. The normalized spacial score (nSPS) is 12.7. The van der Waals surface area contributed by atoms with Gasteiger partial charge in [-0.25, -0.2) is 13.7 Å². The van der Waals surface area contributed by atoms with Gasteiger partial charge in [0.1, 0.15) is 5.75 Å². The second-order valence-corrected chi connectivity index (χ2v) is 11.2. The summed E-state index contributed by atoms with van der Waals surface area (Å²) >= 11 is 1.63.